The highest BCUT2D eigenvalue weighted by atomic mass is 16.5. The van der Waals surface area contributed by atoms with Gasteiger partial charge in [-0.15, -0.1) is 0 Å². The first-order valence-electron chi connectivity index (χ1n) is 5.10. The number of nitrogens with zero attached hydrogens (tertiary/aromatic N) is 1. The molecule has 3 heteroatoms. The van der Waals surface area contributed by atoms with Gasteiger partial charge >= 0.3 is 0 Å². The molecule has 3 nitrogen and oxygen atoms in total. The molecule has 0 unspecified atom stereocenters. The third-order valence-electron chi connectivity index (χ3n) is 2.65. The van der Waals surface area contributed by atoms with Gasteiger partial charge < -0.3 is 15.0 Å². The third kappa shape index (κ3) is 1.59. The summed E-state index contributed by atoms with van der Waals surface area (Å²) in [4.78, 5) is 0. The van der Waals surface area contributed by atoms with E-state index in [2.05, 4.69) is 23.8 Å². The van der Waals surface area contributed by atoms with Crippen LogP contribution in [0.4, 0.5) is 0 Å². The average molecular weight is 204 g/mol. The summed E-state index contributed by atoms with van der Waals surface area (Å²) >= 11 is 0. The van der Waals surface area contributed by atoms with Gasteiger partial charge in [0.1, 0.15) is 5.75 Å². The summed E-state index contributed by atoms with van der Waals surface area (Å²) < 4.78 is 7.53. The van der Waals surface area contributed by atoms with Crippen LogP contribution in [0.15, 0.2) is 24.4 Å². The molecule has 0 atom stereocenters. The van der Waals surface area contributed by atoms with E-state index in [0.717, 1.165) is 12.3 Å². The second-order valence-corrected chi connectivity index (χ2v) is 3.65. The molecule has 1 aromatic heterocycles. The topological polar surface area (TPSA) is 40.2 Å². The predicted molar refractivity (Wildman–Crippen MR) is 62.3 cm³/mol. The highest BCUT2D eigenvalue weighted by Gasteiger charge is 2.08. The van der Waals surface area contributed by atoms with E-state index in [1.807, 2.05) is 12.1 Å². The van der Waals surface area contributed by atoms with Crippen LogP contribution in [0.2, 0.25) is 0 Å². The molecule has 0 aliphatic rings. The molecular formula is C12H16N2O. The summed E-state index contributed by atoms with van der Waals surface area (Å²) in [5.41, 5.74) is 8.00. The number of hydrogen-bond donors (Lipinski definition) is 1. The van der Waals surface area contributed by atoms with E-state index in [1.165, 1.54) is 16.5 Å². The first-order valence-corrected chi connectivity index (χ1v) is 5.10. The zero-order valence-electron chi connectivity index (χ0n) is 9.16. The van der Waals surface area contributed by atoms with E-state index >= 15 is 0 Å². The summed E-state index contributed by atoms with van der Waals surface area (Å²) in [6, 6.07) is 6.09. The third-order valence-corrected chi connectivity index (χ3v) is 2.65. The van der Waals surface area contributed by atoms with Gasteiger partial charge in [-0.25, -0.2) is 0 Å². The Balaban J connectivity index is 2.68. The van der Waals surface area contributed by atoms with E-state index in [1.54, 1.807) is 7.11 Å². The average Bonchev–Trinajstić information content (AvgIpc) is 2.57. The van der Waals surface area contributed by atoms with Crippen molar-refractivity contribution in [1.82, 2.24) is 4.57 Å². The van der Waals surface area contributed by atoms with Crippen molar-refractivity contribution in [2.45, 2.75) is 13.5 Å². The van der Waals surface area contributed by atoms with Crippen LogP contribution in [-0.4, -0.2) is 18.2 Å². The lowest BCUT2D eigenvalue weighted by Crippen LogP contribution is -2.08. The molecule has 0 spiro atoms. The molecule has 1 aromatic carbocycles. The van der Waals surface area contributed by atoms with E-state index in [4.69, 9.17) is 10.5 Å². The SMILES string of the molecule is COc1cccc2c1c(C)cn2CCN. The number of rotatable bonds is 3. The van der Waals surface area contributed by atoms with Crippen molar-refractivity contribution >= 4 is 10.9 Å². The van der Waals surface area contributed by atoms with Crippen molar-refractivity contribution < 1.29 is 4.74 Å². The number of hydrogen-bond acceptors (Lipinski definition) is 2. The molecule has 0 radical (unpaired) electrons. The van der Waals surface area contributed by atoms with Crippen LogP contribution >= 0.6 is 0 Å². The van der Waals surface area contributed by atoms with Crippen LogP contribution in [0.1, 0.15) is 5.56 Å². The van der Waals surface area contributed by atoms with Gasteiger partial charge in [0.05, 0.1) is 12.6 Å². The van der Waals surface area contributed by atoms with E-state index in [0.29, 0.717) is 6.54 Å². The summed E-state index contributed by atoms with van der Waals surface area (Å²) in [6.07, 6.45) is 2.13. The molecule has 1 heterocycles. The van der Waals surface area contributed by atoms with Crippen molar-refractivity contribution in [3.8, 4) is 5.75 Å². The van der Waals surface area contributed by atoms with Gasteiger partial charge in [0.2, 0.25) is 0 Å². The second kappa shape index (κ2) is 3.95. The molecule has 2 rings (SSSR count). The van der Waals surface area contributed by atoms with E-state index < -0.39 is 0 Å². The summed E-state index contributed by atoms with van der Waals surface area (Å²) in [5.74, 6) is 0.931. The summed E-state index contributed by atoms with van der Waals surface area (Å²) in [5, 5.41) is 1.19. The fourth-order valence-corrected chi connectivity index (χ4v) is 2.02. The lowest BCUT2D eigenvalue weighted by atomic mass is 10.2. The fraction of sp³-hybridized carbons (Fsp3) is 0.333. The minimum Gasteiger partial charge on any atom is -0.496 e. The zero-order valence-corrected chi connectivity index (χ0v) is 9.16. The van der Waals surface area contributed by atoms with Crippen LogP contribution in [0, 0.1) is 6.92 Å². The maximum atomic E-state index is 5.58. The quantitative estimate of drug-likeness (QED) is 0.829. The fourth-order valence-electron chi connectivity index (χ4n) is 2.02. The normalized spacial score (nSPS) is 10.9. The van der Waals surface area contributed by atoms with Gasteiger partial charge in [-0.2, -0.15) is 0 Å². The Labute approximate surface area is 89.4 Å². The maximum Gasteiger partial charge on any atom is 0.128 e. The Kier molecular flexibility index (Phi) is 2.64. The molecule has 15 heavy (non-hydrogen) atoms. The van der Waals surface area contributed by atoms with Crippen molar-refractivity contribution in [1.29, 1.82) is 0 Å². The number of fused-ring (bicyclic) bond motifs is 1. The molecule has 0 aliphatic heterocycles. The first kappa shape index (κ1) is 10.1. The van der Waals surface area contributed by atoms with E-state index in [-0.39, 0.29) is 0 Å². The zero-order chi connectivity index (χ0) is 10.8. The van der Waals surface area contributed by atoms with Crippen LogP contribution < -0.4 is 10.5 Å². The van der Waals surface area contributed by atoms with Gasteiger partial charge in [-0.3, -0.25) is 0 Å². The van der Waals surface area contributed by atoms with Crippen molar-refractivity contribution in [3.63, 3.8) is 0 Å². The number of benzene rings is 1. The van der Waals surface area contributed by atoms with Crippen LogP contribution in [0.3, 0.4) is 0 Å². The Bertz CT molecular complexity index is 474. The van der Waals surface area contributed by atoms with Crippen LogP contribution in [0.25, 0.3) is 10.9 Å². The van der Waals surface area contributed by atoms with Gasteiger partial charge in [-0.05, 0) is 24.6 Å². The number of aryl methyl sites for hydroxylation is 1. The molecular weight excluding hydrogens is 188 g/mol. The highest BCUT2D eigenvalue weighted by molar-refractivity contribution is 5.89. The Morgan fingerprint density at radius 1 is 1.40 bits per heavy atom. The van der Waals surface area contributed by atoms with Gasteiger partial charge in [0.25, 0.3) is 0 Å². The number of nitrogens with two attached hydrogens (primary N) is 1. The number of methoxy groups -OCH3 is 1. The molecule has 0 saturated carbocycles. The van der Waals surface area contributed by atoms with Crippen molar-refractivity contribution in [2.75, 3.05) is 13.7 Å². The monoisotopic (exact) mass is 204 g/mol. The molecule has 2 aromatic rings. The van der Waals surface area contributed by atoms with Gasteiger partial charge in [0, 0.05) is 24.7 Å². The molecule has 0 saturated heterocycles. The smallest absolute Gasteiger partial charge is 0.128 e. The Hall–Kier alpha value is -1.48. The maximum absolute atomic E-state index is 5.58. The standard InChI is InChI=1S/C12H16N2O/c1-9-8-14(7-6-13)10-4-3-5-11(15-2)12(9)10/h3-5,8H,6-7,13H2,1-2H3. The Morgan fingerprint density at radius 2 is 2.20 bits per heavy atom. The molecule has 2 N–H and O–H groups in total. The summed E-state index contributed by atoms with van der Waals surface area (Å²) in [6.45, 7) is 3.59. The second-order valence-electron chi connectivity index (χ2n) is 3.65. The predicted octanol–water partition coefficient (Wildman–Crippen LogP) is 1.92. The van der Waals surface area contributed by atoms with Gasteiger partial charge in [0.15, 0.2) is 0 Å². The molecule has 0 bridgehead atoms. The van der Waals surface area contributed by atoms with Crippen molar-refractivity contribution in [3.05, 3.63) is 30.0 Å². The number of ether oxygens (including phenoxy) is 1. The Morgan fingerprint density at radius 3 is 2.87 bits per heavy atom. The summed E-state index contributed by atoms with van der Waals surface area (Å²) in [7, 11) is 1.70. The van der Waals surface area contributed by atoms with Crippen LogP contribution in [-0.2, 0) is 6.54 Å². The lowest BCUT2D eigenvalue weighted by Gasteiger charge is -2.05. The first-order chi connectivity index (χ1) is 7.27. The minimum atomic E-state index is 0.653. The highest BCUT2D eigenvalue weighted by Crippen LogP contribution is 2.29. The molecule has 0 aliphatic carbocycles. The molecule has 0 amide bonds. The molecule has 80 valence electrons. The van der Waals surface area contributed by atoms with E-state index in [9.17, 15) is 0 Å². The molecule has 0 fully saturated rings. The van der Waals surface area contributed by atoms with Crippen LogP contribution in [0.5, 0.6) is 5.75 Å². The minimum absolute atomic E-state index is 0.653. The number of aromatic nitrogens is 1. The lowest BCUT2D eigenvalue weighted by molar-refractivity contribution is 0.419. The van der Waals surface area contributed by atoms with Crippen molar-refractivity contribution in [2.24, 2.45) is 5.73 Å². The van der Waals surface area contributed by atoms with Gasteiger partial charge in [-0.1, -0.05) is 6.07 Å². The largest absolute Gasteiger partial charge is 0.496 e.